The lowest BCUT2D eigenvalue weighted by Crippen LogP contribution is -2.18. The molecule has 5 nitrogen and oxygen atoms in total. The highest BCUT2D eigenvalue weighted by Gasteiger charge is 2.31. The molecule has 0 radical (unpaired) electrons. The minimum absolute atomic E-state index is 0.329. The summed E-state index contributed by atoms with van der Waals surface area (Å²) in [6.45, 7) is 20.6. The van der Waals surface area contributed by atoms with Gasteiger partial charge in [0.15, 0.2) is 0 Å². The fourth-order valence-electron chi connectivity index (χ4n) is 8.40. The van der Waals surface area contributed by atoms with Crippen LogP contribution >= 0.6 is 0 Å². The molecule has 0 aliphatic heterocycles. The van der Waals surface area contributed by atoms with Gasteiger partial charge in [-0.2, -0.15) is 5.10 Å². The van der Waals surface area contributed by atoms with Gasteiger partial charge in [0.05, 0.1) is 22.4 Å². The van der Waals surface area contributed by atoms with E-state index in [2.05, 4.69) is 150 Å². The first-order valence-electron chi connectivity index (χ1n) is 19.5. The Labute approximate surface area is 310 Å². The lowest BCUT2D eigenvalue weighted by Gasteiger charge is -2.30. The van der Waals surface area contributed by atoms with E-state index in [1.807, 2.05) is 6.20 Å². The molecule has 0 spiro atoms. The first kappa shape index (κ1) is 35.7. The quantitative estimate of drug-likeness (QED) is 0.127. The summed E-state index contributed by atoms with van der Waals surface area (Å²) in [5.41, 5.74) is 11.2. The number of allylic oxidation sites excluding steroid dienone is 2. The first-order chi connectivity index (χ1) is 25.0. The Balaban J connectivity index is 1.33. The molecule has 5 heteroatoms. The molecule has 270 valence electrons. The summed E-state index contributed by atoms with van der Waals surface area (Å²) in [5, 5.41) is 7.71. The van der Waals surface area contributed by atoms with Gasteiger partial charge in [-0.25, -0.2) is 9.67 Å². The van der Waals surface area contributed by atoms with Crippen LogP contribution in [0.3, 0.4) is 0 Å². The molecule has 0 saturated heterocycles. The van der Waals surface area contributed by atoms with Crippen LogP contribution in [0.15, 0.2) is 90.6 Å². The number of ether oxygens (including phenoxy) is 1. The zero-order chi connectivity index (χ0) is 36.7. The molecule has 1 aliphatic rings. The molecule has 0 saturated carbocycles. The highest BCUT2D eigenvalue weighted by Crippen LogP contribution is 2.43. The van der Waals surface area contributed by atoms with Crippen LogP contribution in [0.5, 0.6) is 11.5 Å². The highest BCUT2D eigenvalue weighted by molar-refractivity contribution is 6.09. The van der Waals surface area contributed by atoms with E-state index in [0.717, 1.165) is 59.0 Å². The van der Waals surface area contributed by atoms with E-state index in [4.69, 9.17) is 14.8 Å². The van der Waals surface area contributed by atoms with Gasteiger partial charge in [0.1, 0.15) is 17.3 Å². The Bertz CT molecular complexity index is 2250. The van der Waals surface area contributed by atoms with Crippen molar-refractivity contribution in [1.29, 1.82) is 0 Å². The summed E-state index contributed by atoms with van der Waals surface area (Å²) in [6, 6.07) is 26.2. The Morgan fingerprint density at radius 2 is 1.62 bits per heavy atom. The first-order valence-corrected chi connectivity index (χ1v) is 19.5. The molecule has 1 unspecified atom stereocenters. The van der Waals surface area contributed by atoms with E-state index in [-0.39, 0.29) is 0 Å². The second-order valence-electron chi connectivity index (χ2n) is 16.4. The summed E-state index contributed by atoms with van der Waals surface area (Å²) in [7, 11) is 0. The predicted molar refractivity (Wildman–Crippen MR) is 218 cm³/mol. The largest absolute Gasteiger partial charge is 0.457 e. The summed E-state index contributed by atoms with van der Waals surface area (Å²) in [6.07, 6.45) is 9.92. The molecule has 3 aromatic heterocycles. The van der Waals surface area contributed by atoms with Crippen molar-refractivity contribution in [1.82, 2.24) is 19.3 Å². The topological polar surface area (TPSA) is 44.9 Å². The van der Waals surface area contributed by atoms with Crippen molar-refractivity contribution in [3.8, 4) is 23.0 Å². The van der Waals surface area contributed by atoms with E-state index in [0.29, 0.717) is 29.6 Å². The number of pyridine rings is 1. The zero-order valence-electron chi connectivity index (χ0n) is 32.7. The summed E-state index contributed by atoms with van der Waals surface area (Å²) >= 11 is 0. The van der Waals surface area contributed by atoms with Gasteiger partial charge >= 0.3 is 0 Å². The van der Waals surface area contributed by atoms with Crippen LogP contribution in [0.4, 0.5) is 0 Å². The van der Waals surface area contributed by atoms with Gasteiger partial charge < -0.3 is 4.74 Å². The predicted octanol–water partition coefficient (Wildman–Crippen LogP) is 12.8. The number of hydrogen-bond donors (Lipinski definition) is 0. The number of rotatable bonds is 11. The van der Waals surface area contributed by atoms with E-state index in [1.165, 1.54) is 51.6 Å². The lowest BCUT2D eigenvalue weighted by molar-refractivity contribution is 0.445. The summed E-state index contributed by atoms with van der Waals surface area (Å²) in [5.74, 6) is 5.07. The number of benzene rings is 3. The van der Waals surface area contributed by atoms with E-state index in [1.54, 1.807) is 0 Å². The number of nitrogens with zero attached hydrogens (tertiary/aromatic N) is 4. The normalized spacial score (nSPS) is 16.5. The van der Waals surface area contributed by atoms with Crippen LogP contribution < -0.4 is 4.74 Å². The van der Waals surface area contributed by atoms with Crippen LogP contribution in [0, 0.1) is 24.7 Å². The van der Waals surface area contributed by atoms with Crippen molar-refractivity contribution >= 4 is 21.8 Å². The zero-order valence-corrected chi connectivity index (χ0v) is 32.7. The third-order valence-corrected chi connectivity index (χ3v) is 11.0. The SMILES string of the molecule is CC1=CCC[C@H](C)C1c1c(C)nn(-c2cc(Oc3ccc4c5ccccc5n(-c5cc(CC(C)C)ccn5)c4c3)cc(C(C)C)c2)c1CCC(C)C. The molecule has 2 atom stereocenters. The minimum atomic E-state index is 0.329. The Hall–Kier alpha value is -4.64. The molecule has 0 N–H and O–H groups in total. The maximum atomic E-state index is 6.84. The molecule has 0 fully saturated rings. The maximum Gasteiger partial charge on any atom is 0.137 e. The maximum absolute atomic E-state index is 6.84. The van der Waals surface area contributed by atoms with Crippen molar-refractivity contribution in [3.63, 3.8) is 0 Å². The smallest absolute Gasteiger partial charge is 0.137 e. The fourth-order valence-corrected chi connectivity index (χ4v) is 8.40. The van der Waals surface area contributed by atoms with Crippen LogP contribution in [0.1, 0.15) is 115 Å². The van der Waals surface area contributed by atoms with Gasteiger partial charge in [-0.3, -0.25) is 4.57 Å². The third kappa shape index (κ3) is 7.07. The van der Waals surface area contributed by atoms with Crippen molar-refractivity contribution in [2.24, 2.45) is 17.8 Å². The van der Waals surface area contributed by atoms with Gasteiger partial charge in [-0.15, -0.1) is 0 Å². The molecule has 0 amide bonds. The summed E-state index contributed by atoms with van der Waals surface area (Å²) < 4.78 is 11.4. The van der Waals surface area contributed by atoms with Crippen molar-refractivity contribution in [2.75, 3.05) is 0 Å². The van der Waals surface area contributed by atoms with Gasteiger partial charge in [0.2, 0.25) is 0 Å². The molecule has 3 heterocycles. The summed E-state index contributed by atoms with van der Waals surface area (Å²) in [4.78, 5) is 4.87. The van der Waals surface area contributed by atoms with Gasteiger partial charge in [0.25, 0.3) is 0 Å². The molecule has 6 aromatic rings. The molecule has 3 aromatic carbocycles. The van der Waals surface area contributed by atoms with Crippen molar-refractivity contribution < 1.29 is 4.74 Å². The number of fused-ring (bicyclic) bond motifs is 3. The standard InChI is InChI=1S/C47H56N4O/c1-29(2)17-20-43-47(46-32(7)13-12-14-33(46)8)34(9)49-51(43)37-25-36(31(5)6)26-39(27-37)52-38-18-19-41-40-15-10-11-16-42(40)50(44(41)28-38)45-24-35(21-22-48-45)23-30(3)4/h10-11,13,15-16,18-19,21-22,24-31,33,46H,12,14,17,20,23H2,1-9H3/t33-,46?/m0/s1. The lowest BCUT2D eigenvalue weighted by atomic mass is 9.75. The van der Waals surface area contributed by atoms with Crippen molar-refractivity contribution in [3.05, 3.63) is 119 Å². The van der Waals surface area contributed by atoms with E-state index in [9.17, 15) is 0 Å². The monoisotopic (exact) mass is 692 g/mol. The highest BCUT2D eigenvalue weighted by atomic mass is 16.5. The van der Waals surface area contributed by atoms with Gasteiger partial charge in [-0.05, 0) is 123 Å². The second kappa shape index (κ2) is 14.8. The van der Waals surface area contributed by atoms with Gasteiger partial charge in [-0.1, -0.05) is 78.3 Å². The second-order valence-corrected chi connectivity index (χ2v) is 16.4. The van der Waals surface area contributed by atoms with Crippen LogP contribution in [0.2, 0.25) is 0 Å². The minimum Gasteiger partial charge on any atom is -0.457 e. The Morgan fingerprint density at radius 1 is 0.827 bits per heavy atom. The molecule has 1 aliphatic carbocycles. The number of hydrogen-bond acceptors (Lipinski definition) is 3. The number of para-hydroxylation sites is 1. The fraction of sp³-hybridized carbons (Fsp3) is 0.404. The van der Waals surface area contributed by atoms with Crippen molar-refractivity contribution in [2.45, 2.75) is 106 Å². The molecule has 52 heavy (non-hydrogen) atoms. The van der Waals surface area contributed by atoms with Gasteiger partial charge in [0, 0.05) is 46.3 Å². The Morgan fingerprint density at radius 3 is 2.37 bits per heavy atom. The van der Waals surface area contributed by atoms with Crippen LogP contribution in [-0.2, 0) is 12.8 Å². The molecular formula is C47H56N4O. The number of aryl methyl sites for hydroxylation is 1. The average Bonchev–Trinajstić information content (AvgIpc) is 3.60. The van der Waals surface area contributed by atoms with E-state index >= 15 is 0 Å². The Kier molecular flexibility index (Phi) is 10.2. The van der Waals surface area contributed by atoms with Crippen LogP contribution in [0.25, 0.3) is 33.3 Å². The van der Waals surface area contributed by atoms with Crippen LogP contribution in [-0.4, -0.2) is 19.3 Å². The third-order valence-electron chi connectivity index (χ3n) is 11.0. The molecular weight excluding hydrogens is 637 g/mol. The van der Waals surface area contributed by atoms with E-state index < -0.39 is 0 Å². The molecule has 7 rings (SSSR count). The average molecular weight is 693 g/mol. The number of aromatic nitrogens is 4. The molecule has 0 bridgehead atoms.